The maximum Gasteiger partial charge on any atom is 0.352 e. The number of carboxylic acids is 1. The number of fused-ring (bicyclic) bond motifs is 3. The van der Waals surface area contributed by atoms with Gasteiger partial charge in [-0.25, -0.2) is 4.79 Å². The minimum atomic E-state index is -1.51. The normalized spacial score (nSPS) is 19.1. The number of nitro benzene ring substituents is 1. The first-order valence-electron chi connectivity index (χ1n) is 6.24. The minimum Gasteiger partial charge on any atom is -0.478 e. The van der Waals surface area contributed by atoms with Crippen molar-refractivity contribution in [3.8, 4) is 16.9 Å². The van der Waals surface area contributed by atoms with Crippen LogP contribution in [0.25, 0.3) is 11.1 Å². The predicted molar refractivity (Wildman–Crippen MR) is 74.1 cm³/mol. The van der Waals surface area contributed by atoms with Crippen LogP contribution in [-0.2, 0) is 10.4 Å². The molecule has 0 aromatic heterocycles. The Morgan fingerprint density at radius 3 is 2.62 bits per heavy atom. The lowest BCUT2D eigenvalue weighted by molar-refractivity contribution is -0.384. The summed E-state index contributed by atoms with van der Waals surface area (Å²) in [6.45, 7) is 1.47. The number of benzene rings is 2. The number of rotatable bonds is 2. The second kappa shape index (κ2) is 4.31. The van der Waals surface area contributed by atoms with Gasteiger partial charge >= 0.3 is 5.97 Å². The van der Waals surface area contributed by atoms with E-state index in [0.29, 0.717) is 22.4 Å². The highest BCUT2D eigenvalue weighted by Gasteiger charge is 2.43. The van der Waals surface area contributed by atoms with Gasteiger partial charge in [0.05, 0.1) is 4.92 Å². The Hall–Kier alpha value is -2.89. The van der Waals surface area contributed by atoms with Crippen molar-refractivity contribution < 1.29 is 19.6 Å². The van der Waals surface area contributed by atoms with E-state index in [1.54, 1.807) is 24.3 Å². The van der Waals surface area contributed by atoms with Crippen LogP contribution in [0.4, 0.5) is 5.69 Å². The molecule has 6 heteroatoms. The van der Waals surface area contributed by atoms with Gasteiger partial charge in [-0.15, -0.1) is 0 Å². The monoisotopic (exact) mass is 285 g/mol. The summed E-state index contributed by atoms with van der Waals surface area (Å²) in [5, 5.41) is 20.4. The van der Waals surface area contributed by atoms with Crippen LogP contribution in [0.5, 0.6) is 5.75 Å². The summed E-state index contributed by atoms with van der Waals surface area (Å²) >= 11 is 0. The molecule has 3 rings (SSSR count). The van der Waals surface area contributed by atoms with Crippen molar-refractivity contribution in [1.29, 1.82) is 0 Å². The highest BCUT2D eigenvalue weighted by Crippen LogP contribution is 2.46. The molecule has 2 aromatic carbocycles. The van der Waals surface area contributed by atoms with Gasteiger partial charge in [0, 0.05) is 23.3 Å². The van der Waals surface area contributed by atoms with Crippen LogP contribution in [0, 0.1) is 10.1 Å². The predicted octanol–water partition coefficient (Wildman–Crippen LogP) is 2.95. The zero-order valence-electron chi connectivity index (χ0n) is 11.1. The molecule has 2 aromatic rings. The van der Waals surface area contributed by atoms with Crippen LogP contribution in [0.2, 0.25) is 0 Å². The first-order chi connectivity index (χ1) is 9.93. The van der Waals surface area contributed by atoms with Crippen molar-refractivity contribution in [3.63, 3.8) is 0 Å². The number of hydrogen-bond acceptors (Lipinski definition) is 4. The summed E-state index contributed by atoms with van der Waals surface area (Å²) in [5.74, 6) is -0.789. The molecular formula is C15H11NO5. The van der Waals surface area contributed by atoms with E-state index in [4.69, 9.17) is 4.74 Å². The van der Waals surface area contributed by atoms with E-state index in [-0.39, 0.29) is 5.69 Å². The van der Waals surface area contributed by atoms with Crippen molar-refractivity contribution in [3.05, 3.63) is 58.1 Å². The van der Waals surface area contributed by atoms with Gasteiger partial charge in [0.25, 0.3) is 5.69 Å². The van der Waals surface area contributed by atoms with Gasteiger partial charge in [-0.3, -0.25) is 10.1 Å². The molecule has 6 nitrogen and oxygen atoms in total. The molecule has 0 spiro atoms. The topological polar surface area (TPSA) is 89.7 Å². The molecule has 0 saturated carbocycles. The molecule has 1 heterocycles. The molecule has 1 N–H and O–H groups in total. The zero-order chi connectivity index (χ0) is 15.2. The van der Waals surface area contributed by atoms with Crippen LogP contribution < -0.4 is 4.74 Å². The Kier molecular flexibility index (Phi) is 2.69. The molecule has 1 aliphatic heterocycles. The third-order valence-electron chi connectivity index (χ3n) is 3.63. The third kappa shape index (κ3) is 1.84. The molecule has 0 radical (unpaired) electrons. The summed E-state index contributed by atoms with van der Waals surface area (Å²) in [5.41, 5.74) is 0.0576. The van der Waals surface area contributed by atoms with E-state index in [1.807, 2.05) is 0 Å². The molecule has 1 aliphatic rings. The van der Waals surface area contributed by atoms with Crippen molar-refractivity contribution >= 4 is 11.7 Å². The van der Waals surface area contributed by atoms with E-state index < -0.39 is 16.5 Å². The molecule has 1 unspecified atom stereocenters. The van der Waals surface area contributed by atoms with Crippen molar-refractivity contribution in [1.82, 2.24) is 0 Å². The number of carboxylic acid groups (broad SMARTS) is 1. The molecule has 106 valence electrons. The van der Waals surface area contributed by atoms with Gasteiger partial charge in [0.15, 0.2) is 0 Å². The fourth-order valence-corrected chi connectivity index (χ4v) is 2.50. The Balaban J connectivity index is 2.29. The maximum absolute atomic E-state index is 11.6. The number of ether oxygens (including phenoxy) is 1. The Morgan fingerprint density at radius 2 is 1.95 bits per heavy atom. The lowest BCUT2D eigenvalue weighted by atomic mass is 9.85. The van der Waals surface area contributed by atoms with E-state index in [2.05, 4.69) is 0 Å². The Labute approximate surface area is 119 Å². The second-order valence-electron chi connectivity index (χ2n) is 4.92. The first kappa shape index (κ1) is 13.1. The van der Waals surface area contributed by atoms with Gasteiger partial charge in [-0.1, -0.05) is 24.3 Å². The summed E-state index contributed by atoms with van der Waals surface area (Å²) in [6, 6.07) is 11.0. The summed E-state index contributed by atoms with van der Waals surface area (Å²) < 4.78 is 5.62. The molecule has 0 bridgehead atoms. The SMILES string of the molecule is CC1(C(=O)O)Oc2ccc([N+](=O)[O-])cc2-c2ccccc21. The largest absolute Gasteiger partial charge is 0.478 e. The van der Waals surface area contributed by atoms with Crippen molar-refractivity contribution in [2.24, 2.45) is 0 Å². The lowest BCUT2D eigenvalue weighted by Crippen LogP contribution is -2.40. The van der Waals surface area contributed by atoms with Crippen molar-refractivity contribution in [2.45, 2.75) is 12.5 Å². The van der Waals surface area contributed by atoms with Crippen LogP contribution in [-0.4, -0.2) is 16.0 Å². The average Bonchev–Trinajstić information content (AvgIpc) is 2.47. The van der Waals surface area contributed by atoms with Crippen LogP contribution in [0.3, 0.4) is 0 Å². The van der Waals surface area contributed by atoms with Crippen LogP contribution in [0.1, 0.15) is 12.5 Å². The lowest BCUT2D eigenvalue weighted by Gasteiger charge is -2.34. The summed E-state index contributed by atoms with van der Waals surface area (Å²) in [7, 11) is 0. The van der Waals surface area contributed by atoms with E-state index in [9.17, 15) is 20.0 Å². The molecular weight excluding hydrogens is 274 g/mol. The molecule has 0 fully saturated rings. The third-order valence-corrected chi connectivity index (χ3v) is 3.63. The fourth-order valence-electron chi connectivity index (χ4n) is 2.50. The van der Waals surface area contributed by atoms with E-state index in [0.717, 1.165) is 0 Å². The minimum absolute atomic E-state index is 0.0638. The first-order valence-corrected chi connectivity index (χ1v) is 6.24. The van der Waals surface area contributed by atoms with Crippen LogP contribution in [0.15, 0.2) is 42.5 Å². The van der Waals surface area contributed by atoms with Gasteiger partial charge in [-0.2, -0.15) is 0 Å². The highest BCUT2D eigenvalue weighted by atomic mass is 16.6. The quantitative estimate of drug-likeness (QED) is 0.676. The summed E-state index contributed by atoms with van der Waals surface area (Å²) in [4.78, 5) is 22.0. The number of aliphatic carboxylic acids is 1. The molecule has 21 heavy (non-hydrogen) atoms. The second-order valence-corrected chi connectivity index (χ2v) is 4.92. The fraction of sp³-hybridized carbons (Fsp3) is 0.133. The van der Waals surface area contributed by atoms with Gasteiger partial charge < -0.3 is 9.84 Å². The van der Waals surface area contributed by atoms with E-state index in [1.165, 1.54) is 25.1 Å². The van der Waals surface area contributed by atoms with Gasteiger partial charge in [0.2, 0.25) is 5.60 Å². The smallest absolute Gasteiger partial charge is 0.352 e. The number of nitro groups is 1. The van der Waals surface area contributed by atoms with Gasteiger partial charge in [-0.05, 0) is 18.6 Å². The molecule has 0 amide bonds. The number of nitrogens with zero attached hydrogens (tertiary/aromatic N) is 1. The van der Waals surface area contributed by atoms with E-state index >= 15 is 0 Å². The highest BCUT2D eigenvalue weighted by molar-refractivity contribution is 5.88. The number of non-ortho nitro benzene ring substituents is 1. The Bertz CT molecular complexity index is 770. The number of carbonyl (C=O) groups is 1. The van der Waals surface area contributed by atoms with Gasteiger partial charge in [0.1, 0.15) is 5.75 Å². The standard InChI is InChI=1S/C15H11NO5/c1-15(14(17)18)12-5-3-2-4-10(12)11-8-9(16(19)20)6-7-13(11)21-15/h2-8H,1H3,(H,17,18). The molecule has 0 saturated heterocycles. The van der Waals surface area contributed by atoms with Crippen LogP contribution >= 0.6 is 0 Å². The average molecular weight is 285 g/mol. The Morgan fingerprint density at radius 1 is 1.24 bits per heavy atom. The number of hydrogen-bond donors (Lipinski definition) is 1. The molecule has 1 atom stereocenters. The maximum atomic E-state index is 11.6. The zero-order valence-corrected chi connectivity index (χ0v) is 11.1. The molecule has 0 aliphatic carbocycles. The summed E-state index contributed by atoms with van der Waals surface area (Å²) in [6.07, 6.45) is 0. The van der Waals surface area contributed by atoms with Crippen molar-refractivity contribution in [2.75, 3.05) is 0 Å².